The van der Waals surface area contributed by atoms with Gasteiger partial charge in [0.1, 0.15) is 10.0 Å². The van der Waals surface area contributed by atoms with Crippen molar-refractivity contribution in [2.24, 2.45) is 0 Å². The molecule has 0 aromatic carbocycles. The number of nitrogens with zero attached hydrogens (tertiary/aromatic N) is 5. The maximum absolute atomic E-state index is 4.55. The van der Waals surface area contributed by atoms with Gasteiger partial charge in [0.05, 0.1) is 24.6 Å². The fourth-order valence-corrected chi connectivity index (χ4v) is 3.71. The normalized spacial score (nSPS) is 18.3. The molecule has 1 unspecified atom stereocenters. The molecule has 1 aliphatic heterocycles. The third-order valence-electron chi connectivity index (χ3n) is 3.93. The van der Waals surface area contributed by atoms with Gasteiger partial charge in [-0.15, -0.1) is 21.5 Å². The molecule has 1 aliphatic rings. The SMILES string of the molecule is Cc1nnc(CN2CCc3[nH]cnc3C2c2cccnc2)s1. The summed E-state index contributed by atoms with van der Waals surface area (Å²) in [5.41, 5.74) is 3.48. The number of fused-ring (bicyclic) bond motifs is 1. The molecule has 22 heavy (non-hydrogen) atoms. The topological polar surface area (TPSA) is 70.6 Å². The predicted octanol–water partition coefficient (Wildman–Crippen LogP) is 2.11. The fourth-order valence-electron chi connectivity index (χ4n) is 2.98. The lowest BCUT2D eigenvalue weighted by Gasteiger charge is -2.34. The zero-order chi connectivity index (χ0) is 14.9. The van der Waals surface area contributed by atoms with Crippen LogP contribution in [0.5, 0.6) is 0 Å². The Labute approximate surface area is 132 Å². The molecular weight excluding hydrogens is 296 g/mol. The minimum atomic E-state index is 0.118. The number of aromatic nitrogens is 5. The lowest BCUT2D eigenvalue weighted by Crippen LogP contribution is -2.35. The molecule has 0 spiro atoms. The van der Waals surface area contributed by atoms with Gasteiger partial charge in [-0.1, -0.05) is 6.07 Å². The number of aromatic amines is 1. The van der Waals surface area contributed by atoms with E-state index in [0.29, 0.717) is 0 Å². The second-order valence-corrected chi connectivity index (χ2v) is 6.66. The third-order valence-corrected chi connectivity index (χ3v) is 4.75. The van der Waals surface area contributed by atoms with Gasteiger partial charge in [-0.05, 0) is 18.6 Å². The summed E-state index contributed by atoms with van der Waals surface area (Å²) in [6.45, 7) is 3.74. The van der Waals surface area contributed by atoms with Crippen molar-refractivity contribution in [3.63, 3.8) is 0 Å². The van der Waals surface area contributed by atoms with E-state index < -0.39 is 0 Å². The van der Waals surface area contributed by atoms with E-state index in [1.165, 1.54) is 5.69 Å². The maximum atomic E-state index is 4.55. The lowest BCUT2D eigenvalue weighted by molar-refractivity contribution is 0.199. The molecule has 0 bridgehead atoms. The molecular formula is C15H16N6S. The van der Waals surface area contributed by atoms with E-state index in [0.717, 1.165) is 40.8 Å². The van der Waals surface area contributed by atoms with Crippen LogP contribution < -0.4 is 0 Å². The van der Waals surface area contributed by atoms with E-state index in [9.17, 15) is 0 Å². The van der Waals surface area contributed by atoms with Crippen molar-refractivity contribution in [1.82, 2.24) is 30.0 Å². The van der Waals surface area contributed by atoms with Gasteiger partial charge in [-0.25, -0.2) is 4.98 Å². The Morgan fingerprint density at radius 2 is 2.36 bits per heavy atom. The molecule has 1 N–H and O–H groups in total. The van der Waals surface area contributed by atoms with E-state index in [1.54, 1.807) is 23.9 Å². The first-order valence-corrected chi connectivity index (χ1v) is 8.08. The summed E-state index contributed by atoms with van der Waals surface area (Å²) in [7, 11) is 0. The zero-order valence-electron chi connectivity index (χ0n) is 12.2. The van der Waals surface area contributed by atoms with E-state index in [1.807, 2.05) is 19.2 Å². The van der Waals surface area contributed by atoms with Gasteiger partial charge in [0, 0.05) is 31.1 Å². The first-order valence-electron chi connectivity index (χ1n) is 7.26. The van der Waals surface area contributed by atoms with E-state index in [2.05, 4.69) is 36.1 Å². The monoisotopic (exact) mass is 312 g/mol. The molecule has 0 saturated heterocycles. The van der Waals surface area contributed by atoms with Crippen LogP contribution in [0.3, 0.4) is 0 Å². The summed E-state index contributed by atoms with van der Waals surface area (Å²) >= 11 is 1.65. The van der Waals surface area contributed by atoms with Gasteiger partial charge in [-0.3, -0.25) is 9.88 Å². The molecule has 7 heteroatoms. The number of nitrogens with one attached hydrogen (secondary N) is 1. The summed E-state index contributed by atoms with van der Waals surface area (Å²) in [6.07, 6.45) is 6.49. The van der Waals surface area contributed by atoms with Gasteiger partial charge in [-0.2, -0.15) is 0 Å². The molecule has 4 heterocycles. The minimum Gasteiger partial charge on any atom is -0.348 e. The Hall–Kier alpha value is -2.12. The third kappa shape index (κ3) is 2.42. The van der Waals surface area contributed by atoms with Crippen LogP contribution in [0.1, 0.15) is 33.0 Å². The number of aryl methyl sites for hydroxylation is 1. The van der Waals surface area contributed by atoms with Crippen LogP contribution in [0.15, 0.2) is 30.9 Å². The first kappa shape index (κ1) is 13.5. The number of rotatable bonds is 3. The highest BCUT2D eigenvalue weighted by Gasteiger charge is 2.31. The molecule has 0 radical (unpaired) electrons. The molecule has 0 aliphatic carbocycles. The van der Waals surface area contributed by atoms with Crippen molar-refractivity contribution < 1.29 is 0 Å². The van der Waals surface area contributed by atoms with Crippen LogP contribution in [-0.4, -0.2) is 36.6 Å². The second kappa shape index (κ2) is 5.58. The van der Waals surface area contributed by atoms with Crippen LogP contribution >= 0.6 is 11.3 Å². The summed E-state index contributed by atoms with van der Waals surface area (Å²) in [4.78, 5) is 14.5. The predicted molar refractivity (Wildman–Crippen MR) is 83.4 cm³/mol. The van der Waals surface area contributed by atoms with Gasteiger partial charge in [0.15, 0.2) is 0 Å². The van der Waals surface area contributed by atoms with Crippen molar-refractivity contribution in [1.29, 1.82) is 0 Å². The number of hydrogen-bond donors (Lipinski definition) is 1. The average molecular weight is 312 g/mol. The molecule has 3 aromatic rings. The highest BCUT2D eigenvalue weighted by molar-refractivity contribution is 7.11. The summed E-state index contributed by atoms with van der Waals surface area (Å²) in [5, 5.41) is 10.4. The molecule has 1 atom stereocenters. The van der Waals surface area contributed by atoms with Crippen molar-refractivity contribution in [2.45, 2.75) is 25.9 Å². The number of hydrogen-bond acceptors (Lipinski definition) is 6. The zero-order valence-corrected chi connectivity index (χ0v) is 13.0. The van der Waals surface area contributed by atoms with Gasteiger partial charge >= 0.3 is 0 Å². The number of imidazole rings is 1. The molecule has 6 nitrogen and oxygen atoms in total. The van der Waals surface area contributed by atoms with Crippen molar-refractivity contribution in [3.8, 4) is 0 Å². The summed E-state index contributed by atoms with van der Waals surface area (Å²) in [6, 6.07) is 4.21. The van der Waals surface area contributed by atoms with Gasteiger partial charge in [0.25, 0.3) is 0 Å². The van der Waals surface area contributed by atoms with Crippen LogP contribution in [0, 0.1) is 6.92 Å². The average Bonchev–Trinajstić information content (AvgIpc) is 3.17. The largest absolute Gasteiger partial charge is 0.348 e. The maximum Gasteiger partial charge on any atom is 0.131 e. The van der Waals surface area contributed by atoms with Gasteiger partial charge < -0.3 is 4.98 Å². The number of H-pyrrole nitrogens is 1. The van der Waals surface area contributed by atoms with Gasteiger partial charge in [0.2, 0.25) is 0 Å². The Morgan fingerprint density at radius 3 is 3.14 bits per heavy atom. The van der Waals surface area contributed by atoms with Crippen molar-refractivity contribution in [3.05, 3.63) is 57.8 Å². The molecule has 0 saturated carbocycles. The van der Waals surface area contributed by atoms with E-state index in [4.69, 9.17) is 0 Å². The highest BCUT2D eigenvalue weighted by Crippen LogP contribution is 2.34. The Morgan fingerprint density at radius 1 is 1.41 bits per heavy atom. The summed E-state index contributed by atoms with van der Waals surface area (Å²) < 4.78 is 0. The van der Waals surface area contributed by atoms with Crippen molar-refractivity contribution in [2.75, 3.05) is 6.54 Å². The first-order chi connectivity index (χ1) is 10.8. The Balaban J connectivity index is 1.71. The van der Waals surface area contributed by atoms with E-state index in [-0.39, 0.29) is 6.04 Å². The molecule has 112 valence electrons. The Bertz CT molecular complexity index is 765. The molecule has 0 fully saturated rings. The molecule has 4 rings (SSSR count). The second-order valence-electron chi connectivity index (χ2n) is 5.39. The Kier molecular flexibility index (Phi) is 3.44. The lowest BCUT2D eigenvalue weighted by atomic mass is 9.97. The highest BCUT2D eigenvalue weighted by atomic mass is 32.1. The van der Waals surface area contributed by atoms with Crippen LogP contribution in [-0.2, 0) is 13.0 Å². The molecule has 0 amide bonds. The van der Waals surface area contributed by atoms with Crippen LogP contribution in [0.25, 0.3) is 0 Å². The van der Waals surface area contributed by atoms with Crippen LogP contribution in [0.4, 0.5) is 0 Å². The fraction of sp³-hybridized carbons (Fsp3) is 0.333. The number of pyridine rings is 1. The molecule has 3 aromatic heterocycles. The van der Waals surface area contributed by atoms with Crippen LogP contribution in [0.2, 0.25) is 0 Å². The standard InChI is InChI=1S/C15H16N6S/c1-10-19-20-13(22-10)8-21-6-4-12-14(18-9-17-12)15(21)11-3-2-5-16-7-11/h2-3,5,7,9,15H,4,6,8H2,1H3,(H,17,18). The minimum absolute atomic E-state index is 0.118. The quantitative estimate of drug-likeness (QED) is 0.802. The van der Waals surface area contributed by atoms with Crippen molar-refractivity contribution >= 4 is 11.3 Å². The summed E-state index contributed by atoms with van der Waals surface area (Å²) in [5.74, 6) is 0. The smallest absolute Gasteiger partial charge is 0.131 e. The van der Waals surface area contributed by atoms with E-state index >= 15 is 0 Å².